The van der Waals surface area contributed by atoms with Gasteiger partial charge in [-0.15, -0.1) is 10.2 Å². The molecule has 3 unspecified atom stereocenters. The Kier molecular flexibility index (Phi) is 2.56. The molecule has 0 aliphatic heterocycles. The van der Waals surface area contributed by atoms with Crippen molar-refractivity contribution in [3.63, 3.8) is 0 Å². The van der Waals surface area contributed by atoms with Crippen LogP contribution in [0.2, 0.25) is 0 Å². The summed E-state index contributed by atoms with van der Waals surface area (Å²) in [5, 5.41) is 11.6. The van der Waals surface area contributed by atoms with E-state index in [1.165, 1.54) is 19.3 Å². The average molecular weight is 249 g/mol. The summed E-state index contributed by atoms with van der Waals surface area (Å²) in [5.41, 5.74) is 0.825. The minimum Gasteiger partial charge on any atom is -0.424 e. The van der Waals surface area contributed by atoms with Crippen molar-refractivity contribution in [3.8, 4) is 0 Å². The summed E-state index contributed by atoms with van der Waals surface area (Å²) >= 11 is 0. The number of fused-ring (bicyclic) bond motifs is 2. The highest BCUT2D eigenvalue weighted by Crippen LogP contribution is 2.62. The first-order valence-corrected chi connectivity index (χ1v) is 6.94. The molecule has 0 saturated heterocycles. The lowest BCUT2D eigenvalue weighted by molar-refractivity contribution is 0.105. The van der Waals surface area contributed by atoms with Gasteiger partial charge in [0.25, 0.3) is 0 Å². The summed E-state index contributed by atoms with van der Waals surface area (Å²) in [6.07, 6.45) is 4.10. The zero-order valence-electron chi connectivity index (χ0n) is 11.8. The third kappa shape index (κ3) is 1.69. The minimum atomic E-state index is 0.377. The van der Waals surface area contributed by atoms with Gasteiger partial charge in [0, 0.05) is 13.0 Å². The summed E-state index contributed by atoms with van der Waals surface area (Å²) in [6, 6.07) is 0.552. The molecule has 0 radical (unpaired) electrons. The number of nitrogens with one attached hydrogen (secondary N) is 1. The van der Waals surface area contributed by atoms with Crippen LogP contribution in [0.4, 0.5) is 0 Å². The van der Waals surface area contributed by atoms with Crippen LogP contribution < -0.4 is 5.32 Å². The van der Waals surface area contributed by atoms with E-state index in [0.29, 0.717) is 35.2 Å². The largest absolute Gasteiger partial charge is 0.424 e. The fourth-order valence-corrected chi connectivity index (χ4v) is 4.41. The molecule has 100 valence electrons. The number of aromatic nitrogens is 2. The highest BCUT2D eigenvalue weighted by atomic mass is 16.4. The smallest absolute Gasteiger partial charge is 0.230 e. The monoisotopic (exact) mass is 249 g/mol. The van der Waals surface area contributed by atoms with E-state index in [9.17, 15) is 0 Å². The van der Waals surface area contributed by atoms with E-state index in [1.54, 1.807) is 0 Å². The van der Waals surface area contributed by atoms with Gasteiger partial charge in [0.1, 0.15) is 0 Å². The lowest BCUT2D eigenvalue weighted by Crippen LogP contribution is -2.49. The van der Waals surface area contributed by atoms with Crippen molar-refractivity contribution in [1.29, 1.82) is 0 Å². The van der Waals surface area contributed by atoms with Gasteiger partial charge in [-0.1, -0.05) is 20.8 Å². The predicted octanol–water partition coefficient (Wildman–Crippen LogP) is 2.68. The fourth-order valence-electron chi connectivity index (χ4n) is 4.41. The van der Waals surface area contributed by atoms with Crippen molar-refractivity contribution in [1.82, 2.24) is 15.5 Å². The number of hydrogen-bond acceptors (Lipinski definition) is 4. The molecule has 3 atom stereocenters. The van der Waals surface area contributed by atoms with Gasteiger partial charge in [0.2, 0.25) is 11.8 Å². The van der Waals surface area contributed by atoms with Crippen molar-refractivity contribution in [2.75, 3.05) is 0 Å². The van der Waals surface area contributed by atoms with Gasteiger partial charge >= 0.3 is 0 Å². The summed E-state index contributed by atoms with van der Waals surface area (Å²) < 4.78 is 5.44. The van der Waals surface area contributed by atoms with Crippen molar-refractivity contribution in [2.24, 2.45) is 16.7 Å². The van der Waals surface area contributed by atoms with Gasteiger partial charge in [0.15, 0.2) is 0 Å². The molecule has 2 bridgehead atoms. The number of hydrogen-bond donors (Lipinski definition) is 1. The molecule has 4 heteroatoms. The molecule has 0 spiro atoms. The second-order valence-electron chi connectivity index (χ2n) is 6.94. The zero-order valence-corrected chi connectivity index (χ0v) is 11.8. The predicted molar refractivity (Wildman–Crippen MR) is 68.9 cm³/mol. The van der Waals surface area contributed by atoms with E-state index in [4.69, 9.17) is 4.42 Å². The van der Waals surface area contributed by atoms with Crippen LogP contribution >= 0.6 is 0 Å². The van der Waals surface area contributed by atoms with Gasteiger partial charge in [-0.05, 0) is 36.0 Å². The van der Waals surface area contributed by atoms with Crippen molar-refractivity contribution >= 4 is 0 Å². The molecule has 1 heterocycles. The second kappa shape index (κ2) is 3.80. The lowest BCUT2D eigenvalue weighted by atomic mass is 9.68. The fraction of sp³-hybridized carbons (Fsp3) is 0.857. The maximum absolute atomic E-state index is 5.44. The minimum absolute atomic E-state index is 0.377. The van der Waals surface area contributed by atoms with Crippen molar-refractivity contribution < 1.29 is 4.42 Å². The molecule has 2 aliphatic carbocycles. The summed E-state index contributed by atoms with van der Waals surface area (Å²) in [6.45, 7) is 9.76. The molecule has 0 amide bonds. The normalized spacial score (nSPS) is 37.3. The Hall–Kier alpha value is -0.900. The van der Waals surface area contributed by atoms with Crippen molar-refractivity contribution in [2.45, 2.75) is 59.5 Å². The van der Waals surface area contributed by atoms with Crippen LogP contribution in [-0.4, -0.2) is 16.2 Å². The van der Waals surface area contributed by atoms with Crippen LogP contribution in [0.15, 0.2) is 4.42 Å². The maximum Gasteiger partial charge on any atom is 0.230 e. The summed E-state index contributed by atoms with van der Waals surface area (Å²) in [7, 11) is 0. The van der Waals surface area contributed by atoms with Gasteiger partial charge < -0.3 is 9.73 Å². The molecular weight excluding hydrogens is 226 g/mol. The molecule has 1 aromatic rings. The van der Waals surface area contributed by atoms with E-state index in [0.717, 1.165) is 5.92 Å². The Balaban J connectivity index is 1.72. The van der Waals surface area contributed by atoms with Crippen molar-refractivity contribution in [3.05, 3.63) is 11.8 Å². The lowest BCUT2D eigenvalue weighted by Gasteiger charge is -2.43. The van der Waals surface area contributed by atoms with Gasteiger partial charge in [-0.2, -0.15) is 0 Å². The molecule has 1 aromatic heterocycles. The number of nitrogens with zero attached hydrogens (tertiary/aromatic N) is 2. The third-order valence-corrected chi connectivity index (χ3v) is 5.30. The Labute approximate surface area is 109 Å². The van der Waals surface area contributed by atoms with Gasteiger partial charge in [-0.3, -0.25) is 0 Å². The SMILES string of the molecule is Cc1nnc(CNC2C3(C)CCC(C3)C2(C)C)o1. The zero-order chi connectivity index (χ0) is 13.0. The second-order valence-corrected chi connectivity index (χ2v) is 6.94. The number of rotatable bonds is 3. The first kappa shape index (κ1) is 12.2. The molecule has 0 aromatic carbocycles. The topological polar surface area (TPSA) is 51.0 Å². The average Bonchev–Trinajstić information content (AvgIpc) is 2.89. The van der Waals surface area contributed by atoms with Crippen LogP contribution in [-0.2, 0) is 6.54 Å². The van der Waals surface area contributed by atoms with Crippen LogP contribution in [0, 0.1) is 23.7 Å². The summed E-state index contributed by atoms with van der Waals surface area (Å²) in [5.74, 6) is 2.21. The Bertz CT molecular complexity index is 449. The molecule has 2 fully saturated rings. The Morgan fingerprint density at radius 2 is 2.11 bits per heavy atom. The molecule has 18 heavy (non-hydrogen) atoms. The first-order valence-electron chi connectivity index (χ1n) is 6.94. The quantitative estimate of drug-likeness (QED) is 0.894. The summed E-state index contributed by atoms with van der Waals surface area (Å²) in [4.78, 5) is 0. The highest BCUT2D eigenvalue weighted by molar-refractivity contribution is 5.12. The molecule has 1 N–H and O–H groups in total. The molecule has 2 saturated carbocycles. The van der Waals surface area contributed by atoms with Crippen LogP contribution in [0.25, 0.3) is 0 Å². The van der Waals surface area contributed by atoms with E-state index in [-0.39, 0.29) is 0 Å². The molecule has 3 rings (SSSR count). The molecular formula is C14H23N3O. The van der Waals surface area contributed by atoms with Crippen LogP contribution in [0.3, 0.4) is 0 Å². The van der Waals surface area contributed by atoms with E-state index in [1.807, 2.05) is 6.92 Å². The van der Waals surface area contributed by atoms with Crippen LogP contribution in [0.1, 0.15) is 51.8 Å². The Morgan fingerprint density at radius 3 is 2.67 bits per heavy atom. The highest BCUT2D eigenvalue weighted by Gasteiger charge is 2.58. The van der Waals surface area contributed by atoms with Gasteiger partial charge in [0.05, 0.1) is 6.54 Å². The van der Waals surface area contributed by atoms with E-state index in [2.05, 4.69) is 36.3 Å². The van der Waals surface area contributed by atoms with E-state index >= 15 is 0 Å². The van der Waals surface area contributed by atoms with Crippen LogP contribution in [0.5, 0.6) is 0 Å². The first-order chi connectivity index (χ1) is 8.42. The maximum atomic E-state index is 5.44. The van der Waals surface area contributed by atoms with Gasteiger partial charge in [-0.25, -0.2) is 0 Å². The molecule has 2 aliphatic rings. The third-order valence-electron chi connectivity index (χ3n) is 5.30. The number of aryl methyl sites for hydroxylation is 1. The standard InChI is InChI=1S/C14H23N3O/c1-9-16-17-11(18-9)8-15-12-13(2,3)10-5-6-14(12,4)7-10/h10,12,15H,5-8H2,1-4H3. The molecule has 4 nitrogen and oxygen atoms in total. The Morgan fingerprint density at radius 1 is 1.33 bits per heavy atom. The van der Waals surface area contributed by atoms with E-state index < -0.39 is 0 Å².